The summed E-state index contributed by atoms with van der Waals surface area (Å²) in [6, 6.07) is 0. The number of carbonyl (C=O) groups is 1. The molecule has 1 N–H and O–H groups in total. The van der Waals surface area contributed by atoms with Gasteiger partial charge in [0.05, 0.1) is 0 Å². The van der Waals surface area contributed by atoms with Crippen molar-refractivity contribution in [3.05, 3.63) is 0 Å². The zero-order valence-electron chi connectivity index (χ0n) is 11.8. The fraction of sp³-hybridized carbons (Fsp3) is 0.846. The smallest absolute Gasteiger partial charge is 0.428 e. The summed E-state index contributed by atoms with van der Waals surface area (Å²) >= 11 is 0. The SMILES string of the molecule is CCCCCCC(C)=NNC(=O)OC(C)(C)C. The minimum atomic E-state index is -0.495. The number of hydrazone groups is 1. The first kappa shape index (κ1) is 15.9. The summed E-state index contributed by atoms with van der Waals surface area (Å²) in [4.78, 5) is 11.3. The number of rotatable bonds is 6. The summed E-state index contributed by atoms with van der Waals surface area (Å²) in [5, 5.41) is 4.00. The molecule has 0 fully saturated rings. The molecule has 0 aliphatic heterocycles. The van der Waals surface area contributed by atoms with Crippen LogP contribution in [0.25, 0.3) is 0 Å². The monoisotopic (exact) mass is 242 g/mol. The van der Waals surface area contributed by atoms with E-state index >= 15 is 0 Å². The van der Waals surface area contributed by atoms with Gasteiger partial charge in [-0.3, -0.25) is 0 Å². The Balaban J connectivity index is 3.78. The molecule has 0 aromatic carbocycles. The molecule has 0 saturated carbocycles. The highest BCUT2D eigenvalue weighted by Gasteiger charge is 2.15. The van der Waals surface area contributed by atoms with Crippen LogP contribution >= 0.6 is 0 Å². The number of unbranched alkanes of at least 4 members (excludes halogenated alkanes) is 3. The van der Waals surface area contributed by atoms with Crippen LogP contribution in [-0.2, 0) is 4.74 Å². The largest absolute Gasteiger partial charge is 0.443 e. The lowest BCUT2D eigenvalue weighted by Crippen LogP contribution is -2.30. The van der Waals surface area contributed by atoms with E-state index in [2.05, 4.69) is 17.5 Å². The predicted molar refractivity (Wildman–Crippen MR) is 71.2 cm³/mol. The van der Waals surface area contributed by atoms with Crippen molar-refractivity contribution in [2.45, 2.75) is 72.3 Å². The Labute approximate surface area is 105 Å². The number of hydrogen-bond donors (Lipinski definition) is 1. The first-order chi connectivity index (χ1) is 7.85. The first-order valence-electron chi connectivity index (χ1n) is 6.37. The molecule has 17 heavy (non-hydrogen) atoms. The van der Waals surface area contributed by atoms with Crippen LogP contribution in [0.5, 0.6) is 0 Å². The molecule has 4 nitrogen and oxygen atoms in total. The van der Waals surface area contributed by atoms with E-state index in [1.165, 1.54) is 19.3 Å². The second-order valence-corrected chi connectivity index (χ2v) is 5.27. The zero-order valence-corrected chi connectivity index (χ0v) is 11.8. The van der Waals surface area contributed by atoms with Crippen LogP contribution in [-0.4, -0.2) is 17.4 Å². The number of ether oxygens (including phenoxy) is 1. The van der Waals surface area contributed by atoms with Crippen molar-refractivity contribution in [1.29, 1.82) is 0 Å². The second-order valence-electron chi connectivity index (χ2n) is 5.27. The van der Waals surface area contributed by atoms with Crippen LogP contribution in [0.3, 0.4) is 0 Å². The summed E-state index contributed by atoms with van der Waals surface area (Å²) in [7, 11) is 0. The Morgan fingerprint density at radius 2 is 1.88 bits per heavy atom. The van der Waals surface area contributed by atoms with Crippen LogP contribution in [0, 0.1) is 0 Å². The molecule has 0 radical (unpaired) electrons. The number of hydrogen-bond acceptors (Lipinski definition) is 3. The minimum Gasteiger partial charge on any atom is -0.443 e. The lowest BCUT2D eigenvalue weighted by molar-refractivity contribution is 0.0529. The minimum absolute atomic E-state index is 0.478. The van der Waals surface area contributed by atoms with Crippen LogP contribution in [0.4, 0.5) is 4.79 Å². The summed E-state index contributed by atoms with van der Waals surface area (Å²) < 4.78 is 5.07. The van der Waals surface area contributed by atoms with Gasteiger partial charge < -0.3 is 4.74 Å². The third-order valence-electron chi connectivity index (χ3n) is 2.13. The van der Waals surface area contributed by atoms with E-state index in [9.17, 15) is 4.79 Å². The Hall–Kier alpha value is -1.06. The fourth-order valence-electron chi connectivity index (χ4n) is 1.31. The van der Waals surface area contributed by atoms with Crippen LogP contribution in [0.1, 0.15) is 66.7 Å². The van der Waals surface area contributed by atoms with Crippen LogP contribution in [0.15, 0.2) is 5.10 Å². The number of nitrogens with one attached hydrogen (secondary N) is 1. The van der Waals surface area contributed by atoms with Gasteiger partial charge in [-0.2, -0.15) is 5.10 Å². The molecule has 0 heterocycles. The molecule has 0 aromatic heterocycles. The number of nitrogens with zero attached hydrogens (tertiary/aromatic N) is 1. The highest BCUT2D eigenvalue weighted by Crippen LogP contribution is 2.06. The molecule has 0 rings (SSSR count). The summed E-state index contributed by atoms with van der Waals surface area (Å²) in [6.07, 6.45) is 5.26. The molecule has 4 heteroatoms. The molecular weight excluding hydrogens is 216 g/mol. The maximum Gasteiger partial charge on any atom is 0.428 e. The Kier molecular flexibility index (Phi) is 7.59. The quantitative estimate of drug-likeness (QED) is 0.437. The van der Waals surface area contributed by atoms with Crippen molar-refractivity contribution in [1.82, 2.24) is 5.43 Å². The topological polar surface area (TPSA) is 50.7 Å². The molecule has 0 atom stereocenters. The zero-order chi connectivity index (χ0) is 13.3. The third kappa shape index (κ3) is 11.2. The van der Waals surface area contributed by atoms with Crippen molar-refractivity contribution >= 4 is 11.8 Å². The van der Waals surface area contributed by atoms with Gasteiger partial charge in [-0.25, -0.2) is 10.2 Å². The van der Waals surface area contributed by atoms with Gasteiger partial charge in [-0.15, -0.1) is 0 Å². The van der Waals surface area contributed by atoms with E-state index in [-0.39, 0.29) is 0 Å². The lowest BCUT2D eigenvalue weighted by atomic mass is 10.1. The van der Waals surface area contributed by atoms with Gasteiger partial charge >= 0.3 is 6.09 Å². The molecule has 0 bridgehead atoms. The van der Waals surface area contributed by atoms with E-state index in [1.807, 2.05) is 27.7 Å². The van der Waals surface area contributed by atoms with E-state index in [0.717, 1.165) is 18.6 Å². The van der Waals surface area contributed by atoms with E-state index in [4.69, 9.17) is 4.74 Å². The van der Waals surface area contributed by atoms with Gasteiger partial charge in [0.2, 0.25) is 0 Å². The average Bonchev–Trinajstić information content (AvgIpc) is 2.19. The molecule has 0 spiro atoms. The molecule has 0 aliphatic carbocycles. The number of amides is 1. The number of carbonyl (C=O) groups excluding carboxylic acids is 1. The summed E-state index contributed by atoms with van der Waals surface area (Å²) in [5.74, 6) is 0. The molecule has 0 unspecified atom stereocenters. The second kappa shape index (κ2) is 8.09. The predicted octanol–water partition coefficient (Wildman–Crippen LogP) is 3.86. The van der Waals surface area contributed by atoms with Gasteiger partial charge in [0.1, 0.15) is 5.60 Å². The highest BCUT2D eigenvalue weighted by molar-refractivity contribution is 5.83. The normalized spacial score (nSPS) is 12.4. The molecule has 0 saturated heterocycles. The van der Waals surface area contributed by atoms with Gasteiger partial charge in [0.25, 0.3) is 0 Å². The average molecular weight is 242 g/mol. The summed E-state index contributed by atoms with van der Waals surface area (Å²) in [5.41, 5.74) is 2.87. The van der Waals surface area contributed by atoms with Gasteiger partial charge in [-0.05, 0) is 40.5 Å². The van der Waals surface area contributed by atoms with Gasteiger partial charge in [0.15, 0.2) is 0 Å². The maximum atomic E-state index is 11.3. The van der Waals surface area contributed by atoms with Gasteiger partial charge in [0, 0.05) is 5.71 Å². The van der Waals surface area contributed by atoms with Crippen LogP contribution < -0.4 is 5.43 Å². The third-order valence-corrected chi connectivity index (χ3v) is 2.13. The Bertz CT molecular complexity index is 255. The molecule has 0 aliphatic rings. The lowest BCUT2D eigenvalue weighted by Gasteiger charge is -2.18. The maximum absolute atomic E-state index is 11.3. The summed E-state index contributed by atoms with van der Waals surface area (Å²) in [6.45, 7) is 9.59. The first-order valence-corrected chi connectivity index (χ1v) is 6.37. The van der Waals surface area contributed by atoms with Crippen molar-refractivity contribution in [2.75, 3.05) is 0 Å². The molecule has 1 amide bonds. The Morgan fingerprint density at radius 3 is 2.41 bits per heavy atom. The van der Waals surface area contributed by atoms with E-state index in [1.54, 1.807) is 0 Å². The molecular formula is C13H26N2O2. The van der Waals surface area contributed by atoms with Crippen molar-refractivity contribution in [3.63, 3.8) is 0 Å². The van der Waals surface area contributed by atoms with Crippen molar-refractivity contribution in [2.24, 2.45) is 5.10 Å². The fourth-order valence-corrected chi connectivity index (χ4v) is 1.31. The van der Waals surface area contributed by atoms with Crippen molar-refractivity contribution in [3.8, 4) is 0 Å². The molecule has 100 valence electrons. The van der Waals surface area contributed by atoms with Crippen LogP contribution in [0.2, 0.25) is 0 Å². The van der Waals surface area contributed by atoms with Crippen molar-refractivity contribution < 1.29 is 9.53 Å². The molecule has 0 aromatic rings. The standard InChI is InChI=1S/C13H26N2O2/c1-6-7-8-9-10-11(2)14-15-12(16)17-13(3,4)5/h6-10H2,1-5H3,(H,15,16). The van der Waals surface area contributed by atoms with E-state index in [0.29, 0.717) is 0 Å². The highest BCUT2D eigenvalue weighted by atomic mass is 16.6. The Morgan fingerprint density at radius 1 is 1.24 bits per heavy atom. The van der Waals surface area contributed by atoms with E-state index < -0.39 is 11.7 Å². The van der Waals surface area contributed by atoms with Gasteiger partial charge in [-0.1, -0.05) is 26.2 Å².